The summed E-state index contributed by atoms with van der Waals surface area (Å²) in [6, 6.07) is 4.74. The number of rotatable bonds is 6. The molecule has 1 N–H and O–H groups in total. The van der Waals surface area contributed by atoms with Crippen LogP contribution in [0.4, 0.5) is 0 Å². The molecule has 1 aliphatic rings. The van der Waals surface area contributed by atoms with Gasteiger partial charge in [-0.3, -0.25) is 0 Å². The van der Waals surface area contributed by atoms with Crippen LogP contribution >= 0.6 is 12.2 Å². The van der Waals surface area contributed by atoms with Crippen molar-refractivity contribution in [3.05, 3.63) is 30.9 Å². The molecule has 0 spiro atoms. The predicted molar refractivity (Wildman–Crippen MR) is 101 cm³/mol. The molecule has 0 amide bonds. The van der Waals surface area contributed by atoms with Gasteiger partial charge in [0.2, 0.25) is 10.0 Å². The normalized spacial score (nSPS) is 15.5. The largest absolute Gasteiger partial charge is 0.497 e. The molecule has 1 fully saturated rings. The molecule has 2 rings (SSSR count). The molecule has 0 radical (unpaired) electrons. The summed E-state index contributed by atoms with van der Waals surface area (Å²) in [4.78, 5) is 2.06. The zero-order valence-corrected chi connectivity index (χ0v) is 16.0. The summed E-state index contributed by atoms with van der Waals surface area (Å²) in [5, 5.41) is 3.66. The smallest absolute Gasteiger partial charge is 0.247 e. The van der Waals surface area contributed by atoms with E-state index < -0.39 is 10.0 Å². The highest BCUT2D eigenvalue weighted by molar-refractivity contribution is 7.89. The van der Waals surface area contributed by atoms with Crippen molar-refractivity contribution in [1.29, 1.82) is 0 Å². The van der Waals surface area contributed by atoms with Crippen molar-refractivity contribution < 1.29 is 17.9 Å². The zero-order chi connectivity index (χ0) is 18.4. The Labute approximate surface area is 154 Å². The van der Waals surface area contributed by atoms with Crippen molar-refractivity contribution in [3.8, 4) is 11.5 Å². The summed E-state index contributed by atoms with van der Waals surface area (Å²) in [5.74, 6) is 0.763. The van der Waals surface area contributed by atoms with Gasteiger partial charge in [-0.1, -0.05) is 6.08 Å². The fourth-order valence-electron chi connectivity index (χ4n) is 2.53. The van der Waals surface area contributed by atoms with E-state index in [9.17, 15) is 8.42 Å². The summed E-state index contributed by atoms with van der Waals surface area (Å²) in [6.07, 6.45) is 1.72. The lowest BCUT2D eigenvalue weighted by Gasteiger charge is -2.35. The van der Waals surface area contributed by atoms with Gasteiger partial charge in [-0.05, 0) is 24.4 Å². The zero-order valence-electron chi connectivity index (χ0n) is 14.4. The molecule has 1 aromatic rings. The average Bonchev–Trinajstić information content (AvgIpc) is 2.65. The third kappa shape index (κ3) is 4.42. The average molecular weight is 386 g/mol. The lowest BCUT2D eigenvalue weighted by atomic mass is 10.3. The second kappa shape index (κ2) is 8.50. The highest BCUT2D eigenvalue weighted by Crippen LogP contribution is 2.31. The van der Waals surface area contributed by atoms with Crippen LogP contribution in [0.15, 0.2) is 35.7 Å². The third-order valence-electron chi connectivity index (χ3n) is 3.91. The van der Waals surface area contributed by atoms with E-state index in [1.807, 2.05) is 4.90 Å². The Bertz CT molecular complexity index is 729. The molecule has 0 unspecified atom stereocenters. The number of piperazine rings is 1. The first-order chi connectivity index (χ1) is 11.9. The molecule has 0 atom stereocenters. The van der Waals surface area contributed by atoms with Crippen LogP contribution in [0, 0.1) is 0 Å². The van der Waals surface area contributed by atoms with E-state index in [1.165, 1.54) is 24.6 Å². The Hall–Kier alpha value is -1.84. The summed E-state index contributed by atoms with van der Waals surface area (Å²) in [5.41, 5.74) is 0. The number of hydrogen-bond donors (Lipinski definition) is 1. The molecule has 1 aromatic carbocycles. The molecule has 1 aliphatic heterocycles. The Morgan fingerprint density at radius 2 is 1.96 bits per heavy atom. The minimum atomic E-state index is -3.68. The minimum Gasteiger partial charge on any atom is -0.497 e. The maximum atomic E-state index is 13.0. The van der Waals surface area contributed by atoms with Crippen molar-refractivity contribution >= 4 is 27.4 Å². The number of nitrogens with zero attached hydrogens (tertiary/aromatic N) is 2. The number of thiocarbonyl (C=S) groups is 1. The van der Waals surface area contributed by atoms with Gasteiger partial charge in [-0.15, -0.1) is 6.58 Å². The third-order valence-corrected chi connectivity index (χ3v) is 6.23. The number of nitrogens with one attached hydrogen (secondary N) is 1. The SMILES string of the molecule is C=CCNC(=S)N1CCN(S(=O)(=O)c2cc(OC)ccc2OC)CC1. The molecule has 0 bridgehead atoms. The highest BCUT2D eigenvalue weighted by Gasteiger charge is 2.31. The topological polar surface area (TPSA) is 71.1 Å². The summed E-state index contributed by atoms with van der Waals surface area (Å²) < 4.78 is 37.8. The van der Waals surface area contributed by atoms with Crippen molar-refractivity contribution in [3.63, 3.8) is 0 Å². The molecular weight excluding hydrogens is 362 g/mol. The Morgan fingerprint density at radius 1 is 1.28 bits per heavy atom. The van der Waals surface area contributed by atoms with Gasteiger partial charge in [0.1, 0.15) is 16.4 Å². The van der Waals surface area contributed by atoms with E-state index in [0.29, 0.717) is 49.3 Å². The first-order valence-corrected chi connectivity index (χ1v) is 9.64. The van der Waals surface area contributed by atoms with Crippen LogP contribution in [0.1, 0.15) is 0 Å². The first-order valence-electron chi connectivity index (χ1n) is 7.80. The summed E-state index contributed by atoms with van der Waals surface area (Å²) >= 11 is 5.30. The minimum absolute atomic E-state index is 0.107. The molecular formula is C16H23N3O4S2. The van der Waals surface area contributed by atoms with Gasteiger partial charge in [-0.25, -0.2) is 8.42 Å². The molecule has 0 aromatic heterocycles. The molecule has 138 valence electrons. The Morgan fingerprint density at radius 3 is 2.52 bits per heavy atom. The molecule has 1 heterocycles. The van der Waals surface area contributed by atoms with Gasteiger partial charge in [0, 0.05) is 38.8 Å². The van der Waals surface area contributed by atoms with Crippen LogP contribution in [0.5, 0.6) is 11.5 Å². The highest BCUT2D eigenvalue weighted by atomic mass is 32.2. The maximum Gasteiger partial charge on any atom is 0.247 e. The van der Waals surface area contributed by atoms with Crippen LogP contribution in [-0.2, 0) is 10.0 Å². The lowest BCUT2D eigenvalue weighted by molar-refractivity contribution is 0.263. The quantitative estimate of drug-likeness (QED) is 0.580. The van der Waals surface area contributed by atoms with Crippen molar-refractivity contribution in [2.24, 2.45) is 0 Å². The predicted octanol–water partition coefficient (Wildman–Crippen LogP) is 1.07. The number of benzene rings is 1. The van der Waals surface area contributed by atoms with Gasteiger partial charge < -0.3 is 19.7 Å². The molecule has 0 aliphatic carbocycles. The fraction of sp³-hybridized carbons (Fsp3) is 0.438. The monoisotopic (exact) mass is 385 g/mol. The van der Waals surface area contributed by atoms with E-state index in [1.54, 1.807) is 18.2 Å². The van der Waals surface area contributed by atoms with Gasteiger partial charge in [-0.2, -0.15) is 4.31 Å². The second-order valence-electron chi connectivity index (χ2n) is 5.38. The standard InChI is InChI=1S/C16H23N3O4S2/c1-4-7-17-16(24)18-8-10-19(11-9-18)25(20,21)15-12-13(22-2)5-6-14(15)23-3/h4-6,12H,1,7-11H2,2-3H3,(H,17,24). The van der Waals surface area contributed by atoms with Crippen molar-refractivity contribution in [2.45, 2.75) is 4.90 Å². The second-order valence-corrected chi connectivity index (χ2v) is 7.68. The number of sulfonamides is 1. The Balaban J connectivity index is 2.14. The molecule has 1 saturated heterocycles. The van der Waals surface area contributed by atoms with E-state index in [2.05, 4.69) is 11.9 Å². The molecule has 0 saturated carbocycles. The van der Waals surface area contributed by atoms with Gasteiger partial charge in [0.25, 0.3) is 0 Å². The number of ether oxygens (including phenoxy) is 2. The number of methoxy groups -OCH3 is 2. The lowest BCUT2D eigenvalue weighted by Crippen LogP contribution is -2.53. The van der Waals surface area contributed by atoms with Crippen LogP contribution in [0.25, 0.3) is 0 Å². The van der Waals surface area contributed by atoms with Gasteiger partial charge in [0.15, 0.2) is 5.11 Å². The van der Waals surface area contributed by atoms with Gasteiger partial charge in [0.05, 0.1) is 14.2 Å². The van der Waals surface area contributed by atoms with E-state index in [0.717, 1.165) is 0 Å². The fourth-order valence-corrected chi connectivity index (χ4v) is 4.39. The van der Waals surface area contributed by atoms with Crippen molar-refractivity contribution in [2.75, 3.05) is 46.9 Å². The molecule has 7 nitrogen and oxygen atoms in total. The summed E-state index contributed by atoms with van der Waals surface area (Å²) in [7, 11) is -0.741. The number of hydrogen-bond acceptors (Lipinski definition) is 5. The van der Waals surface area contributed by atoms with Gasteiger partial charge >= 0.3 is 0 Å². The molecule has 25 heavy (non-hydrogen) atoms. The van der Waals surface area contributed by atoms with E-state index >= 15 is 0 Å². The van der Waals surface area contributed by atoms with Crippen LogP contribution in [-0.4, -0.2) is 69.7 Å². The van der Waals surface area contributed by atoms with Crippen LogP contribution in [0.2, 0.25) is 0 Å². The summed E-state index contributed by atoms with van der Waals surface area (Å²) in [6.45, 7) is 5.95. The van der Waals surface area contributed by atoms with E-state index in [4.69, 9.17) is 21.7 Å². The maximum absolute atomic E-state index is 13.0. The van der Waals surface area contributed by atoms with Crippen LogP contribution in [0.3, 0.4) is 0 Å². The van der Waals surface area contributed by atoms with E-state index in [-0.39, 0.29) is 4.90 Å². The van der Waals surface area contributed by atoms with Crippen LogP contribution < -0.4 is 14.8 Å². The first kappa shape index (κ1) is 19.5. The Kier molecular flexibility index (Phi) is 6.63. The van der Waals surface area contributed by atoms with Crippen molar-refractivity contribution in [1.82, 2.24) is 14.5 Å². The molecule has 9 heteroatoms.